The number of methoxy groups -OCH3 is 1. The smallest absolute Gasteiger partial charge is 0.341 e. The van der Waals surface area contributed by atoms with Gasteiger partial charge < -0.3 is 20.2 Å². The van der Waals surface area contributed by atoms with E-state index in [1.165, 1.54) is 7.11 Å². The van der Waals surface area contributed by atoms with Gasteiger partial charge in [0.1, 0.15) is 5.75 Å². The maximum atomic E-state index is 12.9. The molecule has 4 amide bonds. The van der Waals surface area contributed by atoms with Crippen LogP contribution < -0.4 is 26.4 Å². The second-order valence-corrected chi connectivity index (χ2v) is 9.84. The summed E-state index contributed by atoms with van der Waals surface area (Å²) in [5, 5.41) is 2.77. The topological polar surface area (TPSA) is 121 Å². The van der Waals surface area contributed by atoms with Gasteiger partial charge in [-0.1, -0.05) is 39.0 Å². The van der Waals surface area contributed by atoms with Crippen molar-refractivity contribution in [3.8, 4) is 5.75 Å². The van der Waals surface area contributed by atoms with E-state index in [2.05, 4.69) is 47.7 Å². The zero-order valence-corrected chi connectivity index (χ0v) is 22.9. The molecule has 0 spiro atoms. The first-order valence-electron chi connectivity index (χ1n) is 12.6. The molecule has 0 saturated carbocycles. The van der Waals surface area contributed by atoms with Crippen molar-refractivity contribution in [3.63, 3.8) is 0 Å². The molecule has 1 unspecified atom stereocenters. The van der Waals surface area contributed by atoms with Crippen LogP contribution >= 0.6 is 0 Å². The summed E-state index contributed by atoms with van der Waals surface area (Å²) in [6.07, 6.45) is 8.21. The van der Waals surface area contributed by atoms with Crippen LogP contribution in [0.4, 0.5) is 15.3 Å². The Morgan fingerprint density at radius 3 is 2.46 bits per heavy atom. The van der Waals surface area contributed by atoms with Crippen LogP contribution in [0, 0.1) is 18.3 Å². The van der Waals surface area contributed by atoms with Gasteiger partial charge in [-0.05, 0) is 68.4 Å². The summed E-state index contributed by atoms with van der Waals surface area (Å²) >= 11 is 0. The van der Waals surface area contributed by atoms with Gasteiger partial charge >= 0.3 is 18.0 Å². The van der Waals surface area contributed by atoms with Gasteiger partial charge in [0.2, 0.25) is 0 Å². The number of hydrogen-bond acceptors (Lipinski definition) is 7. The predicted molar refractivity (Wildman–Crippen MR) is 144 cm³/mol. The molecule has 204 valence electrons. The molecule has 2 atom stereocenters. The van der Waals surface area contributed by atoms with Crippen LogP contribution in [0.1, 0.15) is 53.0 Å². The summed E-state index contributed by atoms with van der Waals surface area (Å²) in [6.45, 7) is 11.9. The monoisotopic (exact) mass is 515 g/mol. The van der Waals surface area contributed by atoms with Crippen molar-refractivity contribution >= 4 is 23.7 Å². The van der Waals surface area contributed by atoms with Crippen molar-refractivity contribution < 1.29 is 23.9 Å². The fourth-order valence-electron chi connectivity index (χ4n) is 3.62. The van der Waals surface area contributed by atoms with Crippen LogP contribution in [-0.4, -0.2) is 49.2 Å². The van der Waals surface area contributed by atoms with Crippen molar-refractivity contribution in [2.75, 3.05) is 25.6 Å². The van der Waals surface area contributed by atoms with Crippen LogP contribution in [0.2, 0.25) is 0 Å². The molecule has 0 aromatic heterocycles. The highest BCUT2D eigenvalue weighted by Gasteiger charge is 2.27. The van der Waals surface area contributed by atoms with Crippen molar-refractivity contribution in [2.24, 2.45) is 11.3 Å². The Hall–Kier alpha value is -3.53. The van der Waals surface area contributed by atoms with Gasteiger partial charge in [-0.25, -0.2) is 14.5 Å². The molecular weight excluding hydrogens is 474 g/mol. The number of anilines is 1. The van der Waals surface area contributed by atoms with E-state index in [0.717, 1.165) is 34.6 Å². The van der Waals surface area contributed by atoms with Crippen molar-refractivity contribution in [1.29, 1.82) is 0 Å². The summed E-state index contributed by atoms with van der Waals surface area (Å²) < 4.78 is 10.5. The van der Waals surface area contributed by atoms with E-state index in [0.29, 0.717) is 5.69 Å². The third-order valence-corrected chi connectivity index (χ3v) is 6.25. The minimum atomic E-state index is -0.732. The summed E-state index contributed by atoms with van der Waals surface area (Å²) in [7, 11) is 1.26. The van der Waals surface area contributed by atoms with E-state index in [9.17, 15) is 14.4 Å². The summed E-state index contributed by atoms with van der Waals surface area (Å²) in [6, 6.07) is 4.12. The number of hydrazine groups is 2. The highest BCUT2D eigenvalue weighted by Crippen LogP contribution is 2.32. The molecule has 4 N–H and O–H groups in total. The number of rotatable bonds is 11. The average Bonchev–Trinajstić information content (AvgIpc) is 2.87. The number of hydrogen-bond donors (Lipinski definition) is 4. The van der Waals surface area contributed by atoms with Gasteiger partial charge in [-0.15, -0.1) is 5.53 Å². The van der Waals surface area contributed by atoms with Gasteiger partial charge in [0.25, 0.3) is 0 Å². The Bertz CT molecular complexity index is 1020. The molecule has 0 heterocycles. The lowest BCUT2D eigenvalue weighted by Gasteiger charge is -2.27. The minimum absolute atomic E-state index is 0.0569. The maximum Gasteiger partial charge on any atom is 0.341 e. The molecule has 10 heteroatoms. The van der Waals surface area contributed by atoms with E-state index < -0.39 is 23.9 Å². The molecule has 0 saturated heterocycles. The maximum absolute atomic E-state index is 12.9. The van der Waals surface area contributed by atoms with Crippen LogP contribution in [-0.2, 0) is 9.53 Å². The number of imide groups is 1. The second kappa shape index (κ2) is 13.7. The molecule has 1 aliphatic carbocycles. The number of nitrogens with zero attached hydrogens (tertiary/aromatic N) is 1. The Morgan fingerprint density at radius 2 is 1.89 bits per heavy atom. The van der Waals surface area contributed by atoms with Crippen LogP contribution in [0.15, 0.2) is 42.0 Å². The number of urea groups is 2. The number of carbonyl (C=O) groups excluding carboxylic acids is 3. The lowest BCUT2D eigenvalue weighted by atomic mass is 9.80. The SMILES string of the molecule is CCC1(C)C=CC(CNC(=O)N(C[C@H](C)C(=O)OC)C(=O)NNNc2ccc(OC(C)C)c(C)c2)=CC1. The van der Waals surface area contributed by atoms with Gasteiger partial charge in [0, 0.05) is 13.1 Å². The molecule has 0 bridgehead atoms. The van der Waals surface area contributed by atoms with E-state index >= 15 is 0 Å². The van der Waals surface area contributed by atoms with Gasteiger partial charge in [-0.2, -0.15) is 0 Å². The minimum Gasteiger partial charge on any atom is -0.491 e. The quantitative estimate of drug-likeness (QED) is 0.254. The molecule has 37 heavy (non-hydrogen) atoms. The van der Waals surface area contributed by atoms with Gasteiger partial charge in [0.05, 0.1) is 24.8 Å². The highest BCUT2D eigenvalue weighted by molar-refractivity contribution is 5.94. The number of aryl methyl sites for hydroxylation is 1. The lowest BCUT2D eigenvalue weighted by Crippen LogP contribution is -2.55. The van der Waals surface area contributed by atoms with Crippen LogP contribution in [0.3, 0.4) is 0 Å². The number of amides is 4. The molecular formula is C27H41N5O5. The number of ether oxygens (including phenoxy) is 2. The fraction of sp³-hybridized carbons (Fsp3) is 0.519. The van der Waals surface area contributed by atoms with E-state index in [4.69, 9.17) is 9.47 Å². The predicted octanol–water partition coefficient (Wildman–Crippen LogP) is 4.45. The largest absolute Gasteiger partial charge is 0.491 e. The Morgan fingerprint density at radius 1 is 1.16 bits per heavy atom. The second-order valence-electron chi connectivity index (χ2n) is 9.84. The van der Waals surface area contributed by atoms with E-state index in [1.54, 1.807) is 13.0 Å². The first kappa shape index (κ1) is 29.7. The average molecular weight is 516 g/mol. The van der Waals surface area contributed by atoms with Crippen molar-refractivity contribution in [1.82, 2.24) is 21.2 Å². The Balaban J connectivity index is 1.99. The number of esters is 1. The Labute approximate surface area is 219 Å². The third kappa shape index (κ3) is 9.13. The Kier molecular flexibility index (Phi) is 11.0. The number of allylic oxidation sites excluding steroid dienone is 2. The molecule has 1 aromatic carbocycles. The standard InChI is InChI=1S/C27H41N5O5/c1-8-27(6)13-11-21(12-14-27)16-28-25(34)32(17-20(5)24(33)36-7)26(35)30-31-29-22-9-10-23(19(4)15-22)37-18(2)3/h9-13,15,18,20,29,31H,8,14,16-17H2,1-7H3,(H,28,34)(H,30,35)/t20-,27?/m0/s1. The molecule has 0 aliphatic heterocycles. The zero-order chi connectivity index (χ0) is 27.6. The van der Waals surface area contributed by atoms with Crippen LogP contribution in [0.25, 0.3) is 0 Å². The first-order valence-corrected chi connectivity index (χ1v) is 12.6. The third-order valence-electron chi connectivity index (χ3n) is 6.25. The molecule has 1 aromatic rings. The lowest BCUT2D eigenvalue weighted by molar-refractivity contribution is -0.144. The summed E-state index contributed by atoms with van der Waals surface area (Å²) in [4.78, 5) is 38.7. The molecule has 2 rings (SSSR count). The normalized spacial score (nSPS) is 17.5. The number of nitrogens with one attached hydrogen (secondary N) is 4. The molecule has 0 fully saturated rings. The van der Waals surface area contributed by atoms with Crippen molar-refractivity contribution in [3.05, 3.63) is 47.6 Å². The molecule has 10 nitrogen and oxygen atoms in total. The summed E-state index contributed by atoms with van der Waals surface area (Å²) in [5.74, 6) is -0.455. The first-order chi connectivity index (χ1) is 17.5. The highest BCUT2D eigenvalue weighted by atomic mass is 16.5. The van der Waals surface area contributed by atoms with Crippen LogP contribution in [0.5, 0.6) is 5.75 Å². The molecule has 1 aliphatic rings. The summed E-state index contributed by atoms with van der Waals surface area (Å²) in [5.41, 5.74) is 10.6. The van der Waals surface area contributed by atoms with Crippen molar-refractivity contribution in [2.45, 2.75) is 60.5 Å². The molecule has 0 radical (unpaired) electrons. The van der Waals surface area contributed by atoms with Gasteiger partial charge in [-0.3, -0.25) is 10.2 Å². The van der Waals surface area contributed by atoms with E-state index in [1.807, 2.05) is 39.0 Å². The van der Waals surface area contributed by atoms with E-state index in [-0.39, 0.29) is 24.6 Å². The van der Waals surface area contributed by atoms with Gasteiger partial charge in [0.15, 0.2) is 0 Å². The fourth-order valence-corrected chi connectivity index (χ4v) is 3.62. The zero-order valence-electron chi connectivity index (χ0n) is 22.9. The number of benzene rings is 1. The number of carbonyl (C=O) groups is 3.